The first-order valence-electron chi connectivity index (χ1n) is 7.72. The quantitative estimate of drug-likeness (QED) is 0.845. The van der Waals surface area contributed by atoms with Crippen molar-refractivity contribution in [3.8, 4) is 0 Å². The average molecular weight is 315 g/mol. The lowest BCUT2D eigenvalue weighted by molar-refractivity contribution is 0.262. The second-order valence-corrected chi connectivity index (χ2v) is 5.26. The average Bonchev–Trinajstić information content (AvgIpc) is 2.51. The molecule has 0 saturated carbocycles. The maximum Gasteiger partial charge on any atom is 0.323 e. The first kappa shape index (κ1) is 16.8. The zero-order valence-electron chi connectivity index (χ0n) is 13.7. The number of halogens is 1. The molecule has 4 nitrogen and oxygen atoms in total. The number of urea groups is 1. The molecule has 0 bridgehead atoms. The van der Waals surface area contributed by atoms with Gasteiger partial charge in [-0.3, -0.25) is 0 Å². The third kappa shape index (κ3) is 4.45. The van der Waals surface area contributed by atoms with Crippen molar-refractivity contribution < 1.29 is 9.18 Å². The van der Waals surface area contributed by atoms with Gasteiger partial charge in [-0.05, 0) is 62.7 Å². The highest BCUT2D eigenvalue weighted by molar-refractivity contribution is 6.00. The molecule has 0 fully saturated rings. The van der Waals surface area contributed by atoms with Gasteiger partial charge in [-0.25, -0.2) is 9.18 Å². The molecule has 122 valence electrons. The van der Waals surface area contributed by atoms with E-state index < -0.39 is 6.03 Å². The zero-order valence-corrected chi connectivity index (χ0v) is 13.7. The molecule has 0 aliphatic rings. The predicted molar refractivity (Wildman–Crippen MR) is 93.8 cm³/mol. The Kier molecular flexibility index (Phi) is 5.57. The fourth-order valence-corrected chi connectivity index (χ4v) is 2.42. The second-order valence-electron chi connectivity index (χ2n) is 5.26. The molecule has 2 aromatic rings. The van der Waals surface area contributed by atoms with Gasteiger partial charge in [0.25, 0.3) is 0 Å². The van der Waals surface area contributed by atoms with Crippen LogP contribution in [-0.4, -0.2) is 19.1 Å². The van der Waals surface area contributed by atoms with E-state index in [2.05, 4.69) is 29.4 Å². The Labute approximate surface area is 136 Å². The number of rotatable bonds is 5. The summed E-state index contributed by atoms with van der Waals surface area (Å²) in [6.45, 7) is 8.03. The monoisotopic (exact) mass is 315 g/mol. The van der Waals surface area contributed by atoms with E-state index in [1.54, 1.807) is 12.1 Å². The van der Waals surface area contributed by atoms with Crippen molar-refractivity contribution in [2.45, 2.75) is 20.8 Å². The summed E-state index contributed by atoms with van der Waals surface area (Å²) in [6.07, 6.45) is 0. The number of anilines is 3. The van der Waals surface area contributed by atoms with Gasteiger partial charge in [0.2, 0.25) is 0 Å². The lowest BCUT2D eigenvalue weighted by Crippen LogP contribution is -2.22. The van der Waals surface area contributed by atoms with Gasteiger partial charge in [0.15, 0.2) is 0 Å². The Bertz CT molecular complexity index is 684. The molecule has 0 atom stereocenters. The lowest BCUT2D eigenvalue weighted by atomic mass is 10.1. The van der Waals surface area contributed by atoms with Gasteiger partial charge >= 0.3 is 6.03 Å². The fourth-order valence-electron chi connectivity index (χ4n) is 2.42. The third-order valence-corrected chi connectivity index (χ3v) is 3.67. The van der Waals surface area contributed by atoms with Crippen LogP contribution in [0.25, 0.3) is 0 Å². The van der Waals surface area contributed by atoms with Gasteiger partial charge in [0.1, 0.15) is 5.82 Å². The molecule has 0 radical (unpaired) electrons. The lowest BCUT2D eigenvalue weighted by Gasteiger charge is -2.22. The van der Waals surface area contributed by atoms with Crippen LogP contribution in [0.2, 0.25) is 0 Å². The topological polar surface area (TPSA) is 44.4 Å². The number of hydrogen-bond acceptors (Lipinski definition) is 2. The number of benzene rings is 2. The molecule has 0 spiro atoms. The molecule has 0 aliphatic heterocycles. The molecule has 0 aromatic heterocycles. The summed E-state index contributed by atoms with van der Waals surface area (Å²) in [5, 5.41) is 5.41. The molecule has 5 heteroatoms. The highest BCUT2D eigenvalue weighted by Gasteiger charge is 2.08. The highest BCUT2D eigenvalue weighted by atomic mass is 19.1. The summed E-state index contributed by atoms with van der Waals surface area (Å²) in [4.78, 5) is 14.3. The van der Waals surface area contributed by atoms with E-state index in [9.17, 15) is 9.18 Å². The van der Waals surface area contributed by atoms with Crippen molar-refractivity contribution in [2.24, 2.45) is 0 Å². The van der Waals surface area contributed by atoms with Crippen molar-refractivity contribution in [1.29, 1.82) is 0 Å². The third-order valence-electron chi connectivity index (χ3n) is 3.67. The van der Waals surface area contributed by atoms with Crippen LogP contribution < -0.4 is 15.5 Å². The van der Waals surface area contributed by atoms with Crippen molar-refractivity contribution in [3.05, 3.63) is 53.8 Å². The van der Waals surface area contributed by atoms with Crippen LogP contribution in [0.3, 0.4) is 0 Å². The number of hydrogen-bond donors (Lipinski definition) is 2. The van der Waals surface area contributed by atoms with Crippen LogP contribution in [-0.2, 0) is 0 Å². The van der Waals surface area contributed by atoms with E-state index in [0.29, 0.717) is 5.69 Å². The normalized spacial score (nSPS) is 10.3. The summed E-state index contributed by atoms with van der Waals surface area (Å²) in [5.74, 6) is -0.387. The van der Waals surface area contributed by atoms with Crippen LogP contribution in [0.5, 0.6) is 0 Å². The van der Waals surface area contributed by atoms with Crippen molar-refractivity contribution in [2.75, 3.05) is 28.6 Å². The molecule has 2 amide bonds. The van der Waals surface area contributed by atoms with E-state index >= 15 is 0 Å². The first-order valence-corrected chi connectivity index (χ1v) is 7.72. The fraction of sp³-hybridized carbons (Fsp3) is 0.278. The second kappa shape index (κ2) is 7.63. The van der Waals surface area contributed by atoms with Gasteiger partial charge in [-0.1, -0.05) is 6.07 Å². The Hall–Kier alpha value is -2.56. The highest BCUT2D eigenvalue weighted by Crippen LogP contribution is 2.23. The summed E-state index contributed by atoms with van der Waals surface area (Å²) in [6, 6.07) is 11.3. The minimum Gasteiger partial charge on any atom is -0.372 e. The van der Waals surface area contributed by atoms with Crippen LogP contribution in [0.1, 0.15) is 19.4 Å². The standard InChI is InChI=1S/C18H22FN3O/c1-4-22(5-2)16-9-10-17(13(3)11-16)21-18(23)20-15-8-6-7-14(19)12-15/h6-12H,4-5H2,1-3H3,(H2,20,21,23). The van der Waals surface area contributed by atoms with Crippen LogP contribution in [0.15, 0.2) is 42.5 Å². The molecular weight excluding hydrogens is 293 g/mol. The number of carbonyl (C=O) groups excluding carboxylic acids is 1. The Balaban J connectivity index is 2.06. The number of aryl methyl sites for hydroxylation is 1. The predicted octanol–water partition coefficient (Wildman–Crippen LogP) is 4.62. The Morgan fingerprint density at radius 2 is 1.83 bits per heavy atom. The number of amides is 2. The van der Waals surface area contributed by atoms with Gasteiger partial charge in [-0.15, -0.1) is 0 Å². The molecule has 0 aliphatic carbocycles. The first-order chi connectivity index (χ1) is 11.0. The zero-order chi connectivity index (χ0) is 16.8. The molecule has 2 aromatic carbocycles. The molecule has 0 unspecified atom stereocenters. The summed E-state index contributed by atoms with van der Waals surface area (Å²) in [7, 11) is 0. The number of carbonyl (C=O) groups is 1. The molecule has 23 heavy (non-hydrogen) atoms. The maximum atomic E-state index is 13.1. The molecular formula is C18H22FN3O. The Morgan fingerprint density at radius 1 is 1.09 bits per heavy atom. The van der Waals surface area contributed by atoms with Gasteiger partial charge in [-0.2, -0.15) is 0 Å². The van der Waals surface area contributed by atoms with Crippen molar-refractivity contribution in [1.82, 2.24) is 0 Å². The van der Waals surface area contributed by atoms with E-state index in [-0.39, 0.29) is 5.82 Å². The van der Waals surface area contributed by atoms with E-state index in [4.69, 9.17) is 0 Å². The van der Waals surface area contributed by atoms with Gasteiger partial charge in [0.05, 0.1) is 0 Å². The maximum absolute atomic E-state index is 13.1. The minimum absolute atomic E-state index is 0.387. The smallest absolute Gasteiger partial charge is 0.323 e. The van der Waals surface area contributed by atoms with Crippen molar-refractivity contribution >= 4 is 23.1 Å². The molecule has 2 N–H and O–H groups in total. The Morgan fingerprint density at radius 3 is 2.43 bits per heavy atom. The SMILES string of the molecule is CCN(CC)c1ccc(NC(=O)Nc2cccc(F)c2)c(C)c1. The molecule has 0 heterocycles. The van der Waals surface area contributed by atoms with E-state index in [0.717, 1.165) is 30.0 Å². The summed E-state index contributed by atoms with van der Waals surface area (Å²) >= 11 is 0. The summed E-state index contributed by atoms with van der Waals surface area (Å²) in [5.41, 5.74) is 3.25. The minimum atomic E-state index is -0.394. The molecule has 0 saturated heterocycles. The van der Waals surface area contributed by atoms with Crippen LogP contribution >= 0.6 is 0 Å². The molecule has 2 rings (SSSR count). The van der Waals surface area contributed by atoms with E-state index in [1.807, 2.05) is 25.1 Å². The largest absolute Gasteiger partial charge is 0.372 e. The summed E-state index contributed by atoms with van der Waals surface area (Å²) < 4.78 is 13.1. The van der Waals surface area contributed by atoms with Crippen LogP contribution in [0, 0.1) is 12.7 Å². The number of nitrogens with one attached hydrogen (secondary N) is 2. The van der Waals surface area contributed by atoms with E-state index in [1.165, 1.54) is 12.1 Å². The van der Waals surface area contributed by atoms with Gasteiger partial charge in [0, 0.05) is 30.2 Å². The van der Waals surface area contributed by atoms with Gasteiger partial charge < -0.3 is 15.5 Å². The number of nitrogens with zero attached hydrogens (tertiary/aromatic N) is 1. The van der Waals surface area contributed by atoms with Crippen LogP contribution in [0.4, 0.5) is 26.2 Å². The van der Waals surface area contributed by atoms with Crippen molar-refractivity contribution in [3.63, 3.8) is 0 Å².